The number of benzene rings is 1. The summed E-state index contributed by atoms with van der Waals surface area (Å²) in [5.41, 5.74) is 0.869. The monoisotopic (exact) mass is 359 g/mol. The second-order valence-corrected chi connectivity index (χ2v) is 7.53. The Morgan fingerprint density at radius 3 is 2.79 bits per heavy atom. The third kappa shape index (κ3) is 3.82. The molecule has 2 aromatic heterocycles. The number of tetrazole rings is 1. The molecule has 1 amide bonds. The second-order valence-electron chi connectivity index (χ2n) is 5.19. The van der Waals surface area contributed by atoms with Crippen LogP contribution in [0.25, 0.3) is 0 Å². The van der Waals surface area contributed by atoms with Crippen LogP contribution in [0.2, 0.25) is 0 Å². The molecular weight excluding hydrogens is 342 g/mol. The number of nitrogens with zero attached hydrogens (tertiary/aromatic N) is 5. The topological polar surface area (TPSA) is 63.9 Å². The number of thiophene rings is 1. The molecule has 0 aliphatic carbocycles. The largest absolute Gasteiger partial charge is 0.315 e. The zero-order chi connectivity index (χ0) is 16.9. The van der Waals surface area contributed by atoms with E-state index < -0.39 is 0 Å². The van der Waals surface area contributed by atoms with Crippen LogP contribution in [0.15, 0.2) is 53.0 Å². The Kier molecular flexibility index (Phi) is 5.27. The molecule has 0 N–H and O–H groups in total. The summed E-state index contributed by atoms with van der Waals surface area (Å²) < 4.78 is 1.72. The molecule has 0 spiro atoms. The highest BCUT2D eigenvalue weighted by Crippen LogP contribution is 2.24. The number of aromatic nitrogens is 4. The molecule has 0 fully saturated rings. The van der Waals surface area contributed by atoms with Crippen LogP contribution < -0.4 is 4.90 Å². The van der Waals surface area contributed by atoms with E-state index in [1.807, 2.05) is 54.8 Å². The first-order chi connectivity index (χ1) is 11.6. The lowest BCUT2D eigenvalue weighted by molar-refractivity contribution is -0.117. The van der Waals surface area contributed by atoms with Gasteiger partial charge in [-0.15, -0.1) is 16.4 Å². The van der Waals surface area contributed by atoms with Gasteiger partial charge >= 0.3 is 0 Å². The Labute approximate surface area is 148 Å². The van der Waals surface area contributed by atoms with Crippen molar-refractivity contribution in [1.82, 2.24) is 20.2 Å². The molecule has 0 radical (unpaired) electrons. The van der Waals surface area contributed by atoms with E-state index in [0.29, 0.717) is 11.7 Å². The standard InChI is InChI=1S/C16H17N5OS2/c1-12(15(22)20(2)13-7-4-3-5-8-13)24-16-17-18-19-21(16)11-14-9-6-10-23-14/h3-10,12H,11H2,1-2H3. The van der Waals surface area contributed by atoms with Gasteiger partial charge in [-0.25, -0.2) is 4.68 Å². The molecular formula is C16H17N5OS2. The first-order valence-corrected chi connectivity index (χ1v) is 9.19. The van der Waals surface area contributed by atoms with Gasteiger partial charge in [0.05, 0.1) is 11.8 Å². The minimum absolute atomic E-state index is 0.0110. The van der Waals surface area contributed by atoms with Gasteiger partial charge in [-0.3, -0.25) is 4.79 Å². The van der Waals surface area contributed by atoms with Crippen molar-refractivity contribution in [2.75, 3.05) is 11.9 Å². The smallest absolute Gasteiger partial charge is 0.240 e. The fraction of sp³-hybridized carbons (Fsp3) is 0.250. The Balaban J connectivity index is 1.67. The predicted octanol–water partition coefficient (Wildman–Crippen LogP) is 2.93. The molecule has 124 valence electrons. The highest BCUT2D eigenvalue weighted by atomic mass is 32.2. The van der Waals surface area contributed by atoms with Gasteiger partial charge in [0.1, 0.15) is 0 Å². The zero-order valence-corrected chi connectivity index (χ0v) is 15.0. The van der Waals surface area contributed by atoms with Crippen molar-refractivity contribution in [2.45, 2.75) is 23.9 Å². The van der Waals surface area contributed by atoms with E-state index in [4.69, 9.17) is 0 Å². The van der Waals surface area contributed by atoms with Gasteiger partial charge in [-0.05, 0) is 40.9 Å². The molecule has 0 aliphatic heterocycles. The Bertz CT molecular complexity index is 788. The summed E-state index contributed by atoms with van der Waals surface area (Å²) in [7, 11) is 1.78. The van der Waals surface area contributed by atoms with E-state index >= 15 is 0 Å². The quantitative estimate of drug-likeness (QED) is 0.633. The molecule has 24 heavy (non-hydrogen) atoms. The van der Waals surface area contributed by atoms with Crippen molar-refractivity contribution in [1.29, 1.82) is 0 Å². The first kappa shape index (κ1) is 16.7. The van der Waals surface area contributed by atoms with Crippen molar-refractivity contribution in [3.8, 4) is 0 Å². The lowest BCUT2D eigenvalue weighted by Crippen LogP contribution is -2.33. The molecule has 0 saturated carbocycles. The first-order valence-electron chi connectivity index (χ1n) is 7.43. The Hall–Kier alpha value is -2.19. The molecule has 1 unspecified atom stereocenters. The molecule has 2 heterocycles. The van der Waals surface area contributed by atoms with Crippen LogP contribution in [0.3, 0.4) is 0 Å². The molecule has 8 heteroatoms. The number of hydrogen-bond donors (Lipinski definition) is 0. The predicted molar refractivity (Wildman–Crippen MR) is 96.4 cm³/mol. The van der Waals surface area contributed by atoms with E-state index in [9.17, 15) is 4.79 Å². The molecule has 0 saturated heterocycles. The highest BCUT2D eigenvalue weighted by molar-refractivity contribution is 8.00. The minimum Gasteiger partial charge on any atom is -0.315 e. The summed E-state index contributed by atoms with van der Waals surface area (Å²) in [6.45, 7) is 2.49. The lowest BCUT2D eigenvalue weighted by Gasteiger charge is -2.20. The number of carbonyl (C=O) groups is 1. The van der Waals surface area contributed by atoms with Crippen LogP contribution in [-0.2, 0) is 11.3 Å². The van der Waals surface area contributed by atoms with E-state index in [1.54, 1.807) is 28.0 Å². The van der Waals surface area contributed by atoms with E-state index in [0.717, 1.165) is 5.69 Å². The number of hydrogen-bond acceptors (Lipinski definition) is 6. The van der Waals surface area contributed by atoms with Gasteiger partial charge in [0, 0.05) is 17.6 Å². The second kappa shape index (κ2) is 7.59. The number of carbonyl (C=O) groups excluding carboxylic acids is 1. The van der Waals surface area contributed by atoms with Gasteiger partial charge in [0.25, 0.3) is 0 Å². The fourth-order valence-corrected chi connectivity index (χ4v) is 3.76. The number of amides is 1. The summed E-state index contributed by atoms with van der Waals surface area (Å²) in [4.78, 5) is 15.5. The molecule has 3 rings (SSSR count). The third-order valence-corrected chi connectivity index (χ3v) is 5.41. The Morgan fingerprint density at radius 2 is 2.08 bits per heavy atom. The number of rotatable bonds is 6. The normalized spacial score (nSPS) is 12.1. The summed E-state index contributed by atoms with van der Waals surface area (Å²) >= 11 is 3.03. The Morgan fingerprint density at radius 1 is 1.29 bits per heavy atom. The van der Waals surface area contributed by atoms with Crippen molar-refractivity contribution < 1.29 is 4.79 Å². The fourth-order valence-electron chi connectivity index (χ4n) is 2.19. The van der Waals surface area contributed by atoms with Crippen molar-refractivity contribution in [2.24, 2.45) is 0 Å². The summed E-state index contributed by atoms with van der Waals surface area (Å²) in [5, 5.41) is 14.2. The molecule has 0 bridgehead atoms. The van der Waals surface area contributed by atoms with E-state index in [2.05, 4.69) is 15.5 Å². The summed E-state index contributed by atoms with van der Waals surface area (Å²) in [5.74, 6) is 0.0110. The SMILES string of the molecule is CC(Sc1nnnn1Cc1cccs1)C(=O)N(C)c1ccccc1. The van der Waals surface area contributed by atoms with Crippen LogP contribution in [0.1, 0.15) is 11.8 Å². The lowest BCUT2D eigenvalue weighted by atomic mass is 10.3. The maximum Gasteiger partial charge on any atom is 0.240 e. The number of thioether (sulfide) groups is 1. The van der Waals surface area contributed by atoms with Gasteiger partial charge in [-0.2, -0.15) is 0 Å². The highest BCUT2D eigenvalue weighted by Gasteiger charge is 2.22. The average molecular weight is 359 g/mol. The summed E-state index contributed by atoms with van der Waals surface area (Å²) in [6, 6.07) is 13.6. The average Bonchev–Trinajstić information content (AvgIpc) is 3.27. The van der Waals surface area contributed by atoms with E-state index in [1.165, 1.54) is 16.6 Å². The number of anilines is 1. The van der Waals surface area contributed by atoms with Crippen LogP contribution in [0.5, 0.6) is 0 Å². The molecule has 1 atom stereocenters. The van der Waals surface area contributed by atoms with Crippen molar-refractivity contribution in [3.05, 3.63) is 52.7 Å². The van der Waals surface area contributed by atoms with Gasteiger partial charge < -0.3 is 4.90 Å². The van der Waals surface area contributed by atoms with Crippen molar-refractivity contribution >= 4 is 34.7 Å². The van der Waals surface area contributed by atoms with E-state index in [-0.39, 0.29) is 11.2 Å². The van der Waals surface area contributed by atoms with Crippen LogP contribution in [0.4, 0.5) is 5.69 Å². The molecule has 1 aromatic carbocycles. The number of para-hydroxylation sites is 1. The van der Waals surface area contributed by atoms with Crippen LogP contribution in [-0.4, -0.2) is 38.4 Å². The zero-order valence-electron chi connectivity index (χ0n) is 13.4. The summed E-state index contributed by atoms with van der Waals surface area (Å²) in [6.07, 6.45) is 0. The van der Waals surface area contributed by atoms with Crippen LogP contribution >= 0.6 is 23.1 Å². The molecule has 0 aliphatic rings. The van der Waals surface area contributed by atoms with Crippen LogP contribution in [0, 0.1) is 0 Å². The van der Waals surface area contributed by atoms with Crippen molar-refractivity contribution in [3.63, 3.8) is 0 Å². The molecule has 6 nitrogen and oxygen atoms in total. The minimum atomic E-state index is -0.289. The third-order valence-electron chi connectivity index (χ3n) is 3.49. The van der Waals surface area contributed by atoms with Gasteiger partial charge in [-0.1, -0.05) is 36.0 Å². The maximum atomic E-state index is 12.6. The maximum absolute atomic E-state index is 12.6. The van der Waals surface area contributed by atoms with Gasteiger partial charge in [0.2, 0.25) is 11.1 Å². The molecule has 3 aromatic rings. The van der Waals surface area contributed by atoms with Gasteiger partial charge in [0.15, 0.2) is 0 Å².